The Morgan fingerprint density at radius 3 is 1.98 bits per heavy atom. The Hall–Kier alpha value is -3.87. The van der Waals surface area contributed by atoms with Gasteiger partial charge in [0.25, 0.3) is 5.69 Å². The van der Waals surface area contributed by atoms with Crippen LogP contribution in [0, 0.1) is 10.1 Å². The summed E-state index contributed by atoms with van der Waals surface area (Å²) >= 11 is 0. The number of hydrogen-bond donors (Lipinski definition) is 2. The summed E-state index contributed by atoms with van der Waals surface area (Å²) in [4.78, 5) is 22.8. The van der Waals surface area contributed by atoms with Crippen LogP contribution in [-0.4, -0.2) is 37.9 Å². The van der Waals surface area contributed by atoms with Gasteiger partial charge in [0.1, 0.15) is 23.2 Å². The average molecular weight is 602 g/mol. The van der Waals surface area contributed by atoms with Crippen molar-refractivity contribution in [3.63, 3.8) is 0 Å². The van der Waals surface area contributed by atoms with Gasteiger partial charge in [-0.05, 0) is 68.1 Å². The number of unbranched alkanes of at least 4 members (excludes halogenated alkanes) is 5. The molecule has 0 saturated carbocycles. The Morgan fingerprint density at radius 2 is 1.44 bits per heavy atom. The third kappa shape index (κ3) is 8.37. The van der Waals surface area contributed by atoms with Crippen LogP contribution in [0.4, 0.5) is 5.69 Å². The first-order chi connectivity index (χ1) is 20.8. The Morgan fingerprint density at radius 1 is 0.884 bits per heavy atom. The van der Waals surface area contributed by atoms with Gasteiger partial charge in [0.05, 0.1) is 35.6 Å². The summed E-state index contributed by atoms with van der Waals surface area (Å²) in [5, 5.41) is 32.9. The summed E-state index contributed by atoms with van der Waals surface area (Å²) in [7, 11) is 0.138. The molecule has 0 radical (unpaired) electrons. The van der Waals surface area contributed by atoms with Gasteiger partial charge in [-0.2, -0.15) is 5.10 Å². The maximum absolute atomic E-state index is 12.5. The Labute approximate surface area is 254 Å². The first-order valence-electron chi connectivity index (χ1n) is 15.0. The van der Waals surface area contributed by atoms with Crippen LogP contribution in [0.5, 0.6) is 0 Å². The van der Waals surface area contributed by atoms with Crippen molar-refractivity contribution in [2.24, 2.45) is 7.05 Å². The van der Waals surface area contributed by atoms with Crippen molar-refractivity contribution >= 4 is 34.8 Å². The minimum absolute atomic E-state index is 0.0329. The molecule has 0 saturated heterocycles. The molecule has 2 N–H and O–H groups in total. The molecule has 43 heavy (non-hydrogen) atoms. The minimum atomic E-state index is -1.84. The Balaban J connectivity index is 1.24. The smallest absolute Gasteiger partial charge is 0.269 e. The second kappa shape index (κ2) is 15.6. The number of aromatic nitrogens is 2. The molecule has 0 aliphatic heterocycles. The average Bonchev–Trinajstić information content (AvgIpc) is 3.47. The van der Waals surface area contributed by atoms with Gasteiger partial charge in [-0.15, -0.1) is 0 Å². The van der Waals surface area contributed by atoms with Crippen molar-refractivity contribution in [3.05, 3.63) is 113 Å². The topological polar surface area (TPSA) is 110 Å². The fourth-order valence-corrected chi connectivity index (χ4v) is 9.98. The fourth-order valence-electron chi connectivity index (χ4n) is 5.63. The number of nitro groups is 1. The van der Waals surface area contributed by atoms with E-state index < -0.39 is 24.3 Å². The summed E-state index contributed by atoms with van der Waals surface area (Å²) in [6, 6.07) is 27.0. The van der Waals surface area contributed by atoms with Crippen molar-refractivity contribution in [2.75, 3.05) is 6.16 Å². The van der Waals surface area contributed by atoms with Gasteiger partial charge in [0.15, 0.2) is 0 Å². The number of nitro benzene ring substituents is 1. The van der Waals surface area contributed by atoms with E-state index in [1.54, 1.807) is 6.92 Å². The van der Waals surface area contributed by atoms with E-state index in [-0.39, 0.29) is 11.6 Å². The summed E-state index contributed by atoms with van der Waals surface area (Å²) in [6.45, 7) is 1.74. The highest BCUT2D eigenvalue weighted by Gasteiger charge is 2.45. The fraction of sp³-hybridized carbons (Fsp3) is 0.353. The maximum Gasteiger partial charge on any atom is 0.269 e. The maximum atomic E-state index is 12.5. The first kappa shape index (κ1) is 32.1. The zero-order chi connectivity index (χ0) is 30.7. The number of rotatable bonds is 16. The van der Waals surface area contributed by atoms with E-state index in [1.807, 2.05) is 17.9 Å². The molecule has 0 aliphatic carbocycles. The highest BCUT2D eigenvalue weighted by Crippen LogP contribution is 2.55. The van der Waals surface area contributed by atoms with E-state index in [9.17, 15) is 20.0 Å². The van der Waals surface area contributed by atoms with Crippen LogP contribution < -0.4 is 21.2 Å². The number of amides is 1. The largest absolute Gasteiger partial charge is 0.386 e. The zero-order valence-electron chi connectivity index (χ0n) is 25.0. The SMILES string of the molecule is C[C@@H](NC(=O)CCCCCCCC[P+](c1ccccc1)(c1ccccc1)c1cnn(C)c1)[C@H](O)c1ccc([N+](=O)[O-])cc1. The van der Waals surface area contributed by atoms with Gasteiger partial charge < -0.3 is 10.4 Å². The first-order valence-corrected chi connectivity index (χ1v) is 17.0. The van der Waals surface area contributed by atoms with Crippen molar-refractivity contribution in [1.82, 2.24) is 15.1 Å². The molecule has 0 aliphatic rings. The molecule has 4 aromatic rings. The Kier molecular flexibility index (Phi) is 11.6. The van der Waals surface area contributed by atoms with Gasteiger partial charge in [-0.3, -0.25) is 19.6 Å². The lowest BCUT2D eigenvalue weighted by Gasteiger charge is -2.26. The highest BCUT2D eigenvalue weighted by atomic mass is 31.2. The summed E-state index contributed by atoms with van der Waals surface area (Å²) < 4.78 is 1.91. The molecule has 2 atom stereocenters. The van der Waals surface area contributed by atoms with E-state index in [1.165, 1.54) is 40.2 Å². The van der Waals surface area contributed by atoms with Gasteiger partial charge in [-0.25, -0.2) is 0 Å². The van der Waals surface area contributed by atoms with Crippen LogP contribution in [0.1, 0.15) is 63.5 Å². The Bertz CT molecular complexity index is 1400. The van der Waals surface area contributed by atoms with Crippen molar-refractivity contribution in [1.29, 1.82) is 0 Å². The lowest BCUT2D eigenvalue weighted by molar-refractivity contribution is -0.384. The van der Waals surface area contributed by atoms with Gasteiger partial charge in [0, 0.05) is 25.6 Å². The van der Waals surface area contributed by atoms with Crippen molar-refractivity contribution in [2.45, 2.75) is 64.0 Å². The molecular formula is C34H42N4O4P+. The van der Waals surface area contributed by atoms with E-state index >= 15 is 0 Å². The van der Waals surface area contributed by atoms with Crippen LogP contribution >= 0.6 is 7.26 Å². The molecule has 4 rings (SSSR count). The molecule has 1 amide bonds. The molecule has 0 bridgehead atoms. The standard InChI is InChI=1S/C34H41N4O4P/c1-27(34(40)28-20-22-29(23-21-28)38(41)42)36-33(39)19-13-5-3-4-6-14-24-43(30-15-9-7-10-16-30,31-17-11-8-12-18-31)32-25-35-37(2)26-32/h7-12,15-18,20-23,25-27,34,40H,3-6,13-14,19,24H2,1-2H3/p+1/t27-,34+/m1/s1. The van der Waals surface area contributed by atoms with Crippen LogP contribution in [0.3, 0.4) is 0 Å². The minimum Gasteiger partial charge on any atom is -0.386 e. The number of aliphatic hydroxyl groups is 1. The lowest BCUT2D eigenvalue weighted by Crippen LogP contribution is -2.36. The molecule has 0 spiro atoms. The number of aliphatic hydroxyl groups excluding tert-OH is 1. The molecule has 3 aromatic carbocycles. The van der Waals surface area contributed by atoms with Crippen LogP contribution in [-0.2, 0) is 11.8 Å². The van der Waals surface area contributed by atoms with Crippen LogP contribution in [0.25, 0.3) is 0 Å². The molecule has 9 heteroatoms. The summed E-state index contributed by atoms with van der Waals surface area (Å²) in [5.74, 6) is -0.0924. The molecular weight excluding hydrogens is 559 g/mol. The number of nitrogens with zero attached hydrogens (tertiary/aromatic N) is 3. The number of aryl methyl sites for hydroxylation is 1. The molecule has 0 unspecified atom stereocenters. The van der Waals surface area contributed by atoms with Gasteiger partial charge in [0.2, 0.25) is 5.91 Å². The number of benzene rings is 3. The predicted molar refractivity (Wildman–Crippen MR) is 175 cm³/mol. The van der Waals surface area contributed by atoms with E-state index in [4.69, 9.17) is 0 Å². The van der Waals surface area contributed by atoms with Crippen molar-refractivity contribution in [3.8, 4) is 0 Å². The predicted octanol–water partition coefficient (Wildman–Crippen LogP) is 5.59. The lowest BCUT2D eigenvalue weighted by atomic mass is 10.0. The zero-order valence-corrected chi connectivity index (χ0v) is 25.9. The molecule has 1 aromatic heterocycles. The molecule has 8 nitrogen and oxygen atoms in total. The number of non-ortho nitro benzene ring substituents is 1. The molecule has 0 fully saturated rings. The second-order valence-corrected chi connectivity index (χ2v) is 14.7. The number of carbonyl (C=O) groups is 1. The summed E-state index contributed by atoms with van der Waals surface area (Å²) in [5.41, 5.74) is 0.502. The highest BCUT2D eigenvalue weighted by molar-refractivity contribution is 7.95. The number of nitrogens with one attached hydrogen (secondary N) is 1. The van der Waals surface area contributed by atoms with Gasteiger partial charge in [-0.1, -0.05) is 55.7 Å². The second-order valence-electron chi connectivity index (χ2n) is 11.1. The number of hydrogen-bond acceptors (Lipinski definition) is 5. The number of carbonyl (C=O) groups excluding carboxylic acids is 1. The third-order valence-corrected chi connectivity index (χ3v) is 12.4. The monoisotopic (exact) mass is 601 g/mol. The molecule has 226 valence electrons. The molecule has 1 heterocycles. The quantitative estimate of drug-likeness (QED) is 0.0753. The van der Waals surface area contributed by atoms with E-state index in [0.717, 1.165) is 44.7 Å². The summed E-state index contributed by atoms with van der Waals surface area (Å²) in [6.07, 6.45) is 11.0. The third-order valence-electron chi connectivity index (χ3n) is 7.98. The van der Waals surface area contributed by atoms with Crippen LogP contribution in [0.2, 0.25) is 0 Å². The van der Waals surface area contributed by atoms with E-state index in [0.29, 0.717) is 12.0 Å². The normalized spacial score (nSPS) is 12.9. The van der Waals surface area contributed by atoms with Crippen molar-refractivity contribution < 1.29 is 14.8 Å². The van der Waals surface area contributed by atoms with E-state index in [2.05, 4.69) is 77.3 Å². The van der Waals surface area contributed by atoms with Crippen LogP contribution in [0.15, 0.2) is 97.3 Å². The van der Waals surface area contributed by atoms with Gasteiger partial charge >= 0.3 is 0 Å².